The number of fused-ring (bicyclic) bond motifs is 1. The molecular formula is C21H20FN5O3. The first-order chi connectivity index (χ1) is 14.3. The van der Waals surface area contributed by atoms with Gasteiger partial charge in [0.15, 0.2) is 0 Å². The number of aromatic nitrogens is 2. The Morgan fingerprint density at radius 3 is 2.57 bits per heavy atom. The van der Waals surface area contributed by atoms with Crippen LogP contribution in [0.5, 0.6) is 0 Å². The Morgan fingerprint density at radius 1 is 1.17 bits per heavy atom. The van der Waals surface area contributed by atoms with Crippen LogP contribution in [0.2, 0.25) is 0 Å². The minimum absolute atomic E-state index is 0.156. The zero-order valence-corrected chi connectivity index (χ0v) is 16.5. The second-order valence-electron chi connectivity index (χ2n) is 7.31. The normalized spacial score (nSPS) is 18.7. The summed E-state index contributed by atoms with van der Waals surface area (Å²) in [7, 11) is 1.85. The van der Waals surface area contributed by atoms with Crippen LogP contribution in [0.1, 0.15) is 18.3 Å². The van der Waals surface area contributed by atoms with Crippen LogP contribution in [0.15, 0.2) is 48.5 Å². The van der Waals surface area contributed by atoms with Gasteiger partial charge in [-0.2, -0.15) is 0 Å². The van der Waals surface area contributed by atoms with Crippen LogP contribution in [0, 0.1) is 5.82 Å². The number of nitrogens with zero attached hydrogens (tertiary/aromatic N) is 3. The SMILES string of the molecule is Cn1c(CNC(=O)CN2C(=O)NC(C)(c3ccc(F)cc3)C2=O)nc2ccccc21. The number of amides is 4. The van der Waals surface area contributed by atoms with Crippen molar-refractivity contribution >= 4 is 28.9 Å². The molecule has 8 nitrogen and oxygen atoms in total. The number of para-hydroxylation sites is 2. The van der Waals surface area contributed by atoms with Gasteiger partial charge in [-0.3, -0.25) is 14.5 Å². The Bertz CT molecular complexity index is 1160. The lowest BCUT2D eigenvalue weighted by molar-refractivity contribution is -0.134. The molecule has 1 aliphatic rings. The van der Waals surface area contributed by atoms with E-state index in [9.17, 15) is 18.8 Å². The number of nitrogens with one attached hydrogen (secondary N) is 2. The topological polar surface area (TPSA) is 96.3 Å². The fourth-order valence-corrected chi connectivity index (χ4v) is 3.55. The summed E-state index contributed by atoms with van der Waals surface area (Å²) in [6, 6.07) is 12.2. The quantitative estimate of drug-likeness (QED) is 0.628. The second-order valence-corrected chi connectivity index (χ2v) is 7.31. The number of aryl methyl sites for hydroxylation is 1. The predicted octanol–water partition coefficient (Wildman–Crippen LogP) is 1.80. The molecule has 0 aliphatic carbocycles. The lowest BCUT2D eigenvalue weighted by Crippen LogP contribution is -2.43. The van der Waals surface area contributed by atoms with Gasteiger partial charge in [-0.1, -0.05) is 24.3 Å². The monoisotopic (exact) mass is 409 g/mol. The summed E-state index contributed by atoms with van der Waals surface area (Å²) in [6.45, 7) is 1.26. The van der Waals surface area contributed by atoms with Gasteiger partial charge in [0.05, 0.1) is 17.6 Å². The van der Waals surface area contributed by atoms with Crippen LogP contribution in [0.4, 0.5) is 9.18 Å². The molecule has 0 bridgehead atoms. The Morgan fingerprint density at radius 2 is 1.87 bits per heavy atom. The highest BCUT2D eigenvalue weighted by Crippen LogP contribution is 2.28. The number of rotatable bonds is 5. The van der Waals surface area contributed by atoms with E-state index in [1.54, 1.807) is 0 Å². The minimum Gasteiger partial charge on any atom is -0.347 e. The zero-order valence-electron chi connectivity index (χ0n) is 16.5. The summed E-state index contributed by atoms with van der Waals surface area (Å²) in [4.78, 5) is 42.9. The Hall–Kier alpha value is -3.75. The fraction of sp³-hybridized carbons (Fsp3) is 0.238. The molecule has 1 aliphatic heterocycles. The molecule has 0 spiro atoms. The molecule has 4 rings (SSSR count). The number of carbonyl (C=O) groups excluding carboxylic acids is 3. The molecule has 2 heterocycles. The molecule has 1 fully saturated rings. The average molecular weight is 409 g/mol. The van der Waals surface area contributed by atoms with Gasteiger partial charge in [-0.05, 0) is 36.8 Å². The van der Waals surface area contributed by atoms with Crippen molar-refractivity contribution in [2.24, 2.45) is 7.05 Å². The second kappa shape index (κ2) is 7.25. The van der Waals surface area contributed by atoms with Gasteiger partial charge in [0.1, 0.15) is 23.7 Å². The minimum atomic E-state index is -1.36. The maximum Gasteiger partial charge on any atom is 0.325 e. The first-order valence-electron chi connectivity index (χ1n) is 9.37. The molecular weight excluding hydrogens is 389 g/mol. The van der Waals surface area contributed by atoms with E-state index in [0.717, 1.165) is 15.9 Å². The number of halogens is 1. The van der Waals surface area contributed by atoms with Crippen molar-refractivity contribution in [2.75, 3.05) is 6.54 Å². The largest absolute Gasteiger partial charge is 0.347 e. The predicted molar refractivity (Wildman–Crippen MR) is 107 cm³/mol. The van der Waals surface area contributed by atoms with Crippen molar-refractivity contribution in [1.29, 1.82) is 0 Å². The van der Waals surface area contributed by atoms with Crippen molar-refractivity contribution in [3.63, 3.8) is 0 Å². The molecule has 3 aromatic rings. The third-order valence-electron chi connectivity index (χ3n) is 5.32. The van der Waals surface area contributed by atoms with Crippen LogP contribution >= 0.6 is 0 Å². The standard InChI is InChI=1S/C21H20FN5O3/c1-21(13-7-9-14(22)10-8-13)19(29)27(20(30)25-21)12-18(28)23-11-17-24-15-5-3-4-6-16(15)26(17)2/h3-10H,11-12H2,1-2H3,(H,23,28)(H,25,30). The number of carbonyl (C=O) groups is 3. The number of hydrogen-bond acceptors (Lipinski definition) is 4. The van der Waals surface area contributed by atoms with E-state index in [0.29, 0.717) is 11.4 Å². The van der Waals surface area contributed by atoms with Gasteiger partial charge in [-0.25, -0.2) is 14.2 Å². The Balaban J connectivity index is 1.44. The molecule has 9 heteroatoms. The Kier molecular flexibility index (Phi) is 4.73. The summed E-state index contributed by atoms with van der Waals surface area (Å²) in [5.41, 5.74) is 0.826. The van der Waals surface area contributed by atoms with E-state index in [-0.39, 0.29) is 6.54 Å². The van der Waals surface area contributed by atoms with E-state index >= 15 is 0 Å². The van der Waals surface area contributed by atoms with Gasteiger partial charge in [-0.15, -0.1) is 0 Å². The molecule has 30 heavy (non-hydrogen) atoms. The summed E-state index contributed by atoms with van der Waals surface area (Å²) in [6.07, 6.45) is 0. The summed E-state index contributed by atoms with van der Waals surface area (Å²) in [5.74, 6) is -0.860. The van der Waals surface area contributed by atoms with Gasteiger partial charge in [0, 0.05) is 7.05 Å². The van der Waals surface area contributed by atoms with Crippen LogP contribution < -0.4 is 10.6 Å². The van der Waals surface area contributed by atoms with Crippen LogP contribution in [0.25, 0.3) is 11.0 Å². The third-order valence-corrected chi connectivity index (χ3v) is 5.32. The van der Waals surface area contributed by atoms with Gasteiger partial charge >= 0.3 is 6.03 Å². The van der Waals surface area contributed by atoms with Crippen molar-refractivity contribution in [3.8, 4) is 0 Å². The molecule has 2 N–H and O–H groups in total. The van der Waals surface area contributed by atoms with Crippen molar-refractivity contribution in [2.45, 2.75) is 19.0 Å². The average Bonchev–Trinajstić information content (AvgIpc) is 3.16. The van der Waals surface area contributed by atoms with E-state index in [1.807, 2.05) is 35.9 Å². The molecule has 0 radical (unpaired) electrons. The number of benzene rings is 2. The van der Waals surface area contributed by atoms with E-state index in [2.05, 4.69) is 15.6 Å². The van der Waals surface area contributed by atoms with Gasteiger partial charge < -0.3 is 15.2 Å². The number of urea groups is 1. The number of imide groups is 1. The number of imidazole rings is 1. The van der Waals surface area contributed by atoms with Crippen molar-refractivity contribution in [3.05, 3.63) is 65.7 Å². The molecule has 1 atom stereocenters. The molecule has 1 saturated heterocycles. The lowest BCUT2D eigenvalue weighted by atomic mass is 9.92. The van der Waals surface area contributed by atoms with E-state index < -0.39 is 35.7 Å². The molecule has 4 amide bonds. The van der Waals surface area contributed by atoms with Crippen LogP contribution in [-0.2, 0) is 28.7 Å². The van der Waals surface area contributed by atoms with Gasteiger partial charge in [0.2, 0.25) is 5.91 Å². The van der Waals surface area contributed by atoms with Crippen LogP contribution in [0.3, 0.4) is 0 Å². The first kappa shape index (κ1) is 19.6. The van der Waals surface area contributed by atoms with Crippen molar-refractivity contribution in [1.82, 2.24) is 25.1 Å². The smallest absolute Gasteiger partial charge is 0.325 e. The van der Waals surface area contributed by atoms with Crippen LogP contribution in [-0.4, -0.2) is 38.8 Å². The molecule has 2 aromatic carbocycles. The maximum absolute atomic E-state index is 13.2. The summed E-state index contributed by atoms with van der Waals surface area (Å²) in [5, 5.41) is 5.29. The highest BCUT2D eigenvalue weighted by molar-refractivity contribution is 6.09. The Labute approximate surface area is 171 Å². The maximum atomic E-state index is 13.2. The number of hydrogen-bond donors (Lipinski definition) is 2. The molecule has 0 saturated carbocycles. The van der Waals surface area contributed by atoms with Gasteiger partial charge in [0.25, 0.3) is 5.91 Å². The molecule has 154 valence electrons. The van der Waals surface area contributed by atoms with E-state index in [1.165, 1.54) is 31.2 Å². The highest BCUT2D eigenvalue weighted by Gasteiger charge is 2.49. The lowest BCUT2D eigenvalue weighted by Gasteiger charge is -2.22. The fourth-order valence-electron chi connectivity index (χ4n) is 3.55. The summed E-state index contributed by atoms with van der Waals surface area (Å²) >= 11 is 0. The van der Waals surface area contributed by atoms with E-state index in [4.69, 9.17) is 0 Å². The van der Waals surface area contributed by atoms with Crippen molar-refractivity contribution < 1.29 is 18.8 Å². The summed E-state index contributed by atoms with van der Waals surface area (Å²) < 4.78 is 15.1. The molecule has 1 unspecified atom stereocenters. The highest BCUT2D eigenvalue weighted by atomic mass is 19.1. The molecule has 1 aromatic heterocycles. The first-order valence-corrected chi connectivity index (χ1v) is 9.37. The zero-order chi connectivity index (χ0) is 21.5. The third kappa shape index (κ3) is 3.28.